The first-order chi connectivity index (χ1) is 11.3. The van der Waals surface area contributed by atoms with Gasteiger partial charge in [-0.05, 0) is 30.7 Å². The number of thioether (sulfide) groups is 1. The van der Waals surface area contributed by atoms with Crippen molar-refractivity contribution >= 4 is 17.7 Å². The molecule has 1 N–H and O–H groups in total. The molecule has 1 amide bonds. The second-order valence-corrected chi connectivity index (χ2v) is 7.00. The lowest BCUT2D eigenvalue weighted by Crippen LogP contribution is -2.40. The van der Waals surface area contributed by atoms with E-state index in [0.717, 1.165) is 30.0 Å². The topological polar surface area (TPSA) is 32.3 Å². The molecule has 1 aliphatic heterocycles. The van der Waals surface area contributed by atoms with Crippen LogP contribution in [0.3, 0.4) is 0 Å². The Morgan fingerprint density at radius 3 is 2.39 bits per heavy atom. The van der Waals surface area contributed by atoms with Gasteiger partial charge >= 0.3 is 0 Å². The van der Waals surface area contributed by atoms with E-state index in [1.807, 2.05) is 60.5 Å². The zero-order valence-electron chi connectivity index (χ0n) is 13.3. The first-order valence-corrected chi connectivity index (χ1v) is 8.87. The number of hydrogen-bond donors (Lipinski definition) is 1. The molecule has 4 heteroatoms. The Balaban J connectivity index is 1.83. The summed E-state index contributed by atoms with van der Waals surface area (Å²) < 4.78 is 0. The molecule has 3 nitrogen and oxygen atoms in total. The highest BCUT2D eigenvalue weighted by Gasteiger charge is 2.30. The molecule has 1 heterocycles. The Kier molecular flexibility index (Phi) is 5.36. The first kappa shape index (κ1) is 16.1. The third-order valence-corrected chi connectivity index (χ3v) is 5.51. The molecule has 2 aromatic carbocycles. The zero-order chi connectivity index (χ0) is 16.1. The summed E-state index contributed by atoms with van der Waals surface area (Å²) in [7, 11) is 1.93. The smallest absolute Gasteiger partial charge is 0.240 e. The molecule has 0 aromatic heterocycles. The summed E-state index contributed by atoms with van der Waals surface area (Å²) in [6.07, 6.45) is 1.03. The summed E-state index contributed by atoms with van der Waals surface area (Å²) in [5, 5.41) is 3.13. The predicted octanol–water partition coefficient (Wildman–Crippen LogP) is 3.34. The fourth-order valence-electron chi connectivity index (χ4n) is 2.86. The van der Waals surface area contributed by atoms with Gasteiger partial charge in [-0.1, -0.05) is 48.5 Å². The lowest BCUT2D eigenvalue weighted by Gasteiger charge is -2.28. The zero-order valence-corrected chi connectivity index (χ0v) is 14.1. The molecule has 0 saturated carbocycles. The standard InChI is InChI=1S/C19H22N2OS/c1-21(16-12-13-20-14-16)19(22)18(15-8-4-2-5-9-15)23-17-10-6-3-7-11-17/h2-11,16,18,20H,12-14H2,1H3. The number of carbonyl (C=O) groups excluding carboxylic acids is 1. The Hall–Kier alpha value is -1.78. The van der Waals surface area contributed by atoms with Crippen molar-refractivity contribution in [3.63, 3.8) is 0 Å². The maximum absolute atomic E-state index is 13.1. The summed E-state index contributed by atoms with van der Waals surface area (Å²) in [6.45, 7) is 1.88. The lowest BCUT2D eigenvalue weighted by atomic mass is 10.1. The van der Waals surface area contributed by atoms with Crippen LogP contribution in [0.5, 0.6) is 0 Å². The number of amides is 1. The molecule has 120 valence electrons. The van der Waals surface area contributed by atoms with Gasteiger partial charge in [-0.15, -0.1) is 11.8 Å². The quantitative estimate of drug-likeness (QED) is 0.855. The Labute approximate surface area is 142 Å². The van der Waals surface area contributed by atoms with Crippen molar-refractivity contribution in [2.24, 2.45) is 0 Å². The number of rotatable bonds is 5. The fourth-order valence-corrected chi connectivity index (χ4v) is 4.01. The van der Waals surface area contributed by atoms with Gasteiger partial charge in [0.25, 0.3) is 0 Å². The van der Waals surface area contributed by atoms with Crippen molar-refractivity contribution in [2.75, 3.05) is 20.1 Å². The molecular weight excluding hydrogens is 304 g/mol. The molecule has 2 unspecified atom stereocenters. The van der Waals surface area contributed by atoms with E-state index in [-0.39, 0.29) is 11.2 Å². The van der Waals surface area contributed by atoms with E-state index < -0.39 is 0 Å². The maximum Gasteiger partial charge on any atom is 0.240 e. The van der Waals surface area contributed by atoms with Crippen molar-refractivity contribution in [3.8, 4) is 0 Å². The van der Waals surface area contributed by atoms with Gasteiger partial charge in [0.1, 0.15) is 5.25 Å². The lowest BCUT2D eigenvalue weighted by molar-refractivity contribution is -0.131. The maximum atomic E-state index is 13.1. The second kappa shape index (κ2) is 7.66. The van der Waals surface area contributed by atoms with Crippen LogP contribution < -0.4 is 5.32 Å². The monoisotopic (exact) mass is 326 g/mol. The minimum absolute atomic E-state index is 0.179. The molecule has 1 fully saturated rings. The van der Waals surface area contributed by atoms with E-state index in [1.54, 1.807) is 11.8 Å². The van der Waals surface area contributed by atoms with Crippen LogP contribution in [0, 0.1) is 0 Å². The molecule has 1 saturated heterocycles. The molecule has 3 rings (SSSR count). The minimum Gasteiger partial charge on any atom is -0.340 e. The first-order valence-electron chi connectivity index (χ1n) is 8.00. The van der Waals surface area contributed by atoms with Crippen LogP contribution in [0.4, 0.5) is 0 Å². The van der Waals surface area contributed by atoms with Crippen molar-refractivity contribution < 1.29 is 4.79 Å². The van der Waals surface area contributed by atoms with Crippen LogP contribution in [0.15, 0.2) is 65.6 Å². The number of carbonyl (C=O) groups is 1. The van der Waals surface area contributed by atoms with E-state index in [1.165, 1.54) is 0 Å². The van der Waals surface area contributed by atoms with Crippen LogP contribution in [0.2, 0.25) is 0 Å². The third-order valence-electron chi connectivity index (χ3n) is 4.25. The summed E-state index contributed by atoms with van der Waals surface area (Å²) in [6, 6.07) is 20.5. The number of likely N-dealkylation sites (N-methyl/N-ethyl adjacent to an activating group) is 1. The molecule has 2 atom stereocenters. The molecule has 0 bridgehead atoms. The van der Waals surface area contributed by atoms with Crippen LogP contribution in [-0.2, 0) is 4.79 Å². The molecular formula is C19H22N2OS. The highest BCUT2D eigenvalue weighted by atomic mass is 32.2. The van der Waals surface area contributed by atoms with Gasteiger partial charge in [0.05, 0.1) is 0 Å². The summed E-state index contributed by atoms with van der Waals surface area (Å²) >= 11 is 1.63. The van der Waals surface area contributed by atoms with Crippen molar-refractivity contribution in [1.29, 1.82) is 0 Å². The van der Waals surface area contributed by atoms with E-state index in [2.05, 4.69) is 17.4 Å². The number of nitrogens with zero attached hydrogens (tertiary/aromatic N) is 1. The normalized spacial score (nSPS) is 18.6. The van der Waals surface area contributed by atoms with Crippen molar-refractivity contribution in [1.82, 2.24) is 10.2 Å². The average Bonchev–Trinajstić information content (AvgIpc) is 3.15. The van der Waals surface area contributed by atoms with Gasteiger partial charge in [-0.3, -0.25) is 4.79 Å². The summed E-state index contributed by atoms with van der Waals surface area (Å²) in [4.78, 5) is 16.2. The Bertz CT molecular complexity index is 626. The van der Waals surface area contributed by atoms with Crippen molar-refractivity contribution in [2.45, 2.75) is 22.6 Å². The van der Waals surface area contributed by atoms with Crippen LogP contribution in [0.1, 0.15) is 17.2 Å². The van der Waals surface area contributed by atoms with E-state index >= 15 is 0 Å². The minimum atomic E-state index is -0.204. The van der Waals surface area contributed by atoms with Crippen LogP contribution in [-0.4, -0.2) is 37.0 Å². The molecule has 1 aliphatic rings. The largest absolute Gasteiger partial charge is 0.340 e. The number of nitrogens with one attached hydrogen (secondary N) is 1. The number of benzene rings is 2. The molecule has 0 spiro atoms. The van der Waals surface area contributed by atoms with Gasteiger partial charge in [0.15, 0.2) is 0 Å². The predicted molar refractivity (Wildman–Crippen MR) is 95.5 cm³/mol. The molecule has 23 heavy (non-hydrogen) atoms. The van der Waals surface area contributed by atoms with Crippen molar-refractivity contribution in [3.05, 3.63) is 66.2 Å². The number of hydrogen-bond acceptors (Lipinski definition) is 3. The highest BCUT2D eigenvalue weighted by molar-refractivity contribution is 8.00. The molecule has 2 aromatic rings. The van der Waals surface area contributed by atoms with Gasteiger partial charge in [-0.2, -0.15) is 0 Å². The van der Waals surface area contributed by atoms with Gasteiger partial charge in [0, 0.05) is 24.5 Å². The molecule has 0 aliphatic carbocycles. The van der Waals surface area contributed by atoms with Gasteiger partial charge in [-0.25, -0.2) is 0 Å². The van der Waals surface area contributed by atoms with E-state index in [4.69, 9.17) is 0 Å². The van der Waals surface area contributed by atoms with E-state index in [9.17, 15) is 4.79 Å². The third kappa shape index (κ3) is 3.95. The second-order valence-electron chi connectivity index (χ2n) is 5.82. The molecule has 0 radical (unpaired) electrons. The van der Waals surface area contributed by atoms with Crippen LogP contribution >= 0.6 is 11.8 Å². The summed E-state index contributed by atoms with van der Waals surface area (Å²) in [5.41, 5.74) is 1.06. The summed E-state index contributed by atoms with van der Waals surface area (Å²) in [5.74, 6) is 0.179. The Morgan fingerprint density at radius 2 is 1.78 bits per heavy atom. The van der Waals surface area contributed by atoms with Crippen LogP contribution in [0.25, 0.3) is 0 Å². The SMILES string of the molecule is CN(C(=O)C(Sc1ccccc1)c1ccccc1)C1CCNC1. The fraction of sp³-hybridized carbons (Fsp3) is 0.316. The van der Waals surface area contributed by atoms with E-state index in [0.29, 0.717) is 6.04 Å². The van der Waals surface area contributed by atoms with Gasteiger partial charge < -0.3 is 10.2 Å². The Morgan fingerprint density at radius 1 is 1.13 bits per heavy atom. The average molecular weight is 326 g/mol. The van der Waals surface area contributed by atoms with Gasteiger partial charge in [0.2, 0.25) is 5.91 Å². The highest BCUT2D eigenvalue weighted by Crippen LogP contribution is 2.36.